The highest BCUT2D eigenvalue weighted by atomic mass is 16.6. The SMILES string of the molecule is CC1(C)CNCCN1C(=O)C1=COCCO1. The van der Waals surface area contributed by atoms with Gasteiger partial charge >= 0.3 is 0 Å². The molecule has 1 amide bonds. The number of carbonyl (C=O) groups is 1. The van der Waals surface area contributed by atoms with E-state index >= 15 is 0 Å². The molecular weight excluding hydrogens is 208 g/mol. The van der Waals surface area contributed by atoms with E-state index in [9.17, 15) is 4.79 Å². The summed E-state index contributed by atoms with van der Waals surface area (Å²) < 4.78 is 10.4. The average Bonchev–Trinajstić information content (AvgIpc) is 2.29. The summed E-state index contributed by atoms with van der Waals surface area (Å²) in [6, 6.07) is 0. The van der Waals surface area contributed by atoms with Crippen molar-refractivity contribution < 1.29 is 14.3 Å². The molecule has 5 nitrogen and oxygen atoms in total. The predicted molar refractivity (Wildman–Crippen MR) is 58.6 cm³/mol. The highest BCUT2D eigenvalue weighted by Crippen LogP contribution is 2.20. The van der Waals surface area contributed by atoms with Gasteiger partial charge in [-0.05, 0) is 13.8 Å². The maximum atomic E-state index is 12.2. The van der Waals surface area contributed by atoms with Crippen LogP contribution < -0.4 is 5.32 Å². The fourth-order valence-electron chi connectivity index (χ4n) is 1.97. The minimum absolute atomic E-state index is 0.0776. The van der Waals surface area contributed by atoms with Crippen LogP contribution in [0.1, 0.15) is 13.8 Å². The molecule has 0 atom stereocenters. The standard InChI is InChI=1S/C11H18N2O3/c1-11(2)8-12-3-4-13(11)10(14)9-7-15-5-6-16-9/h7,12H,3-6,8H2,1-2H3. The summed E-state index contributed by atoms with van der Waals surface area (Å²) in [5.74, 6) is 0.243. The van der Waals surface area contributed by atoms with Crippen LogP contribution in [0.2, 0.25) is 0 Å². The third-order valence-electron chi connectivity index (χ3n) is 2.91. The number of rotatable bonds is 1. The summed E-state index contributed by atoms with van der Waals surface area (Å²) in [4.78, 5) is 14.0. The van der Waals surface area contributed by atoms with Crippen LogP contribution in [0, 0.1) is 0 Å². The highest BCUT2D eigenvalue weighted by Gasteiger charge is 2.35. The fraction of sp³-hybridized carbons (Fsp3) is 0.727. The third kappa shape index (κ3) is 2.14. The summed E-state index contributed by atoms with van der Waals surface area (Å²) in [7, 11) is 0. The van der Waals surface area contributed by atoms with Crippen LogP contribution >= 0.6 is 0 Å². The van der Waals surface area contributed by atoms with Crippen molar-refractivity contribution in [2.45, 2.75) is 19.4 Å². The Balaban J connectivity index is 2.10. The van der Waals surface area contributed by atoms with Crippen molar-refractivity contribution in [3.63, 3.8) is 0 Å². The zero-order valence-corrected chi connectivity index (χ0v) is 9.78. The predicted octanol–water partition coefficient (Wildman–Crippen LogP) is 0.0850. The summed E-state index contributed by atoms with van der Waals surface area (Å²) in [6.45, 7) is 7.37. The molecule has 90 valence electrons. The number of nitrogens with zero attached hydrogens (tertiary/aromatic N) is 1. The molecule has 1 saturated heterocycles. The number of hydrogen-bond donors (Lipinski definition) is 1. The van der Waals surface area contributed by atoms with Crippen LogP contribution in [-0.4, -0.2) is 49.2 Å². The number of carbonyl (C=O) groups excluding carboxylic acids is 1. The third-order valence-corrected chi connectivity index (χ3v) is 2.91. The van der Waals surface area contributed by atoms with Crippen molar-refractivity contribution in [2.75, 3.05) is 32.8 Å². The first-order chi connectivity index (χ1) is 7.61. The molecule has 5 heteroatoms. The Bertz CT molecular complexity index is 312. The van der Waals surface area contributed by atoms with Crippen LogP contribution in [0.5, 0.6) is 0 Å². The van der Waals surface area contributed by atoms with Crippen molar-refractivity contribution >= 4 is 5.91 Å². The Morgan fingerprint density at radius 3 is 2.94 bits per heavy atom. The first kappa shape index (κ1) is 11.3. The summed E-state index contributed by atoms with van der Waals surface area (Å²) in [6.07, 6.45) is 1.42. The fourth-order valence-corrected chi connectivity index (χ4v) is 1.97. The van der Waals surface area contributed by atoms with Gasteiger partial charge in [0, 0.05) is 19.6 Å². The van der Waals surface area contributed by atoms with Crippen LogP contribution in [0.15, 0.2) is 12.0 Å². The van der Waals surface area contributed by atoms with Gasteiger partial charge in [-0.2, -0.15) is 0 Å². The first-order valence-electron chi connectivity index (χ1n) is 5.58. The molecular formula is C11H18N2O3. The monoisotopic (exact) mass is 226 g/mol. The average molecular weight is 226 g/mol. The minimum atomic E-state index is -0.184. The molecule has 0 spiro atoms. The van der Waals surface area contributed by atoms with Crippen molar-refractivity contribution in [1.82, 2.24) is 10.2 Å². The van der Waals surface area contributed by atoms with E-state index in [1.54, 1.807) is 0 Å². The largest absolute Gasteiger partial charge is 0.494 e. The Morgan fingerprint density at radius 2 is 2.31 bits per heavy atom. The number of piperazine rings is 1. The molecule has 2 aliphatic heterocycles. The van der Waals surface area contributed by atoms with Crippen molar-refractivity contribution in [3.05, 3.63) is 12.0 Å². The highest BCUT2D eigenvalue weighted by molar-refractivity contribution is 5.92. The lowest BCUT2D eigenvalue weighted by Crippen LogP contribution is -2.60. The van der Waals surface area contributed by atoms with E-state index in [4.69, 9.17) is 9.47 Å². The van der Waals surface area contributed by atoms with Crippen LogP contribution in [0.25, 0.3) is 0 Å². The number of nitrogens with one attached hydrogen (secondary N) is 1. The van der Waals surface area contributed by atoms with Crippen molar-refractivity contribution in [2.24, 2.45) is 0 Å². The van der Waals surface area contributed by atoms with E-state index < -0.39 is 0 Å². The summed E-state index contributed by atoms with van der Waals surface area (Å²) in [5, 5.41) is 3.28. The Morgan fingerprint density at radius 1 is 1.50 bits per heavy atom. The van der Waals surface area contributed by atoms with Gasteiger partial charge < -0.3 is 19.7 Å². The van der Waals surface area contributed by atoms with E-state index in [1.807, 2.05) is 18.7 Å². The van der Waals surface area contributed by atoms with Gasteiger partial charge in [-0.15, -0.1) is 0 Å². The zero-order chi connectivity index (χ0) is 11.6. The second kappa shape index (κ2) is 4.33. The van der Waals surface area contributed by atoms with Gasteiger partial charge in [0.05, 0.1) is 5.54 Å². The molecule has 16 heavy (non-hydrogen) atoms. The lowest BCUT2D eigenvalue weighted by atomic mass is 10.00. The summed E-state index contributed by atoms with van der Waals surface area (Å²) >= 11 is 0. The molecule has 0 saturated carbocycles. The molecule has 2 aliphatic rings. The normalized spacial score (nSPS) is 24.1. The number of amides is 1. The molecule has 0 aromatic carbocycles. The lowest BCUT2D eigenvalue weighted by Gasteiger charge is -2.43. The molecule has 0 aromatic heterocycles. The maximum Gasteiger partial charge on any atom is 0.292 e. The molecule has 0 bridgehead atoms. The van der Waals surface area contributed by atoms with E-state index in [-0.39, 0.29) is 11.4 Å². The van der Waals surface area contributed by atoms with Gasteiger partial charge in [0.25, 0.3) is 5.91 Å². The van der Waals surface area contributed by atoms with Gasteiger partial charge in [-0.1, -0.05) is 0 Å². The Kier molecular flexibility index (Phi) is 3.05. The summed E-state index contributed by atoms with van der Waals surface area (Å²) in [5.41, 5.74) is -0.184. The Hall–Kier alpha value is -1.23. The van der Waals surface area contributed by atoms with E-state index in [0.29, 0.717) is 25.5 Å². The molecule has 1 fully saturated rings. The molecule has 0 aliphatic carbocycles. The van der Waals surface area contributed by atoms with Crippen molar-refractivity contribution in [1.29, 1.82) is 0 Å². The van der Waals surface area contributed by atoms with Crippen LogP contribution in [-0.2, 0) is 14.3 Å². The second-order valence-corrected chi connectivity index (χ2v) is 4.65. The zero-order valence-electron chi connectivity index (χ0n) is 9.78. The van der Waals surface area contributed by atoms with Gasteiger partial charge in [-0.25, -0.2) is 0 Å². The molecule has 0 radical (unpaired) electrons. The van der Waals surface area contributed by atoms with Crippen LogP contribution in [0.4, 0.5) is 0 Å². The van der Waals surface area contributed by atoms with E-state index in [1.165, 1.54) is 6.26 Å². The van der Waals surface area contributed by atoms with Gasteiger partial charge in [0.15, 0.2) is 0 Å². The second-order valence-electron chi connectivity index (χ2n) is 4.65. The molecule has 0 aromatic rings. The number of hydrogen-bond acceptors (Lipinski definition) is 4. The molecule has 1 N–H and O–H groups in total. The van der Waals surface area contributed by atoms with Crippen molar-refractivity contribution in [3.8, 4) is 0 Å². The lowest BCUT2D eigenvalue weighted by molar-refractivity contribution is -0.138. The smallest absolute Gasteiger partial charge is 0.292 e. The Labute approximate surface area is 95.4 Å². The number of ether oxygens (including phenoxy) is 2. The van der Waals surface area contributed by atoms with E-state index in [2.05, 4.69) is 5.32 Å². The molecule has 0 unspecified atom stereocenters. The van der Waals surface area contributed by atoms with Crippen LogP contribution in [0.3, 0.4) is 0 Å². The van der Waals surface area contributed by atoms with Gasteiger partial charge in [-0.3, -0.25) is 4.79 Å². The maximum absolute atomic E-state index is 12.2. The minimum Gasteiger partial charge on any atom is -0.494 e. The molecule has 2 rings (SSSR count). The molecule has 2 heterocycles. The first-order valence-corrected chi connectivity index (χ1v) is 5.58. The van der Waals surface area contributed by atoms with E-state index in [0.717, 1.165) is 13.1 Å². The quantitative estimate of drug-likeness (QED) is 0.688. The van der Waals surface area contributed by atoms with Gasteiger partial charge in [0.1, 0.15) is 19.5 Å². The topological polar surface area (TPSA) is 50.8 Å². The van der Waals surface area contributed by atoms with Gasteiger partial charge in [0.2, 0.25) is 5.76 Å².